The molecule has 0 bridgehead atoms. The van der Waals surface area contributed by atoms with Gasteiger partial charge in [-0.15, -0.1) is 0 Å². The molecule has 0 fully saturated rings. The minimum atomic E-state index is 0.140. The molecule has 0 aliphatic rings. The summed E-state index contributed by atoms with van der Waals surface area (Å²) in [5.41, 5.74) is 1.35. The van der Waals surface area contributed by atoms with Gasteiger partial charge in [-0.2, -0.15) is 0 Å². The van der Waals surface area contributed by atoms with Gasteiger partial charge in [0.25, 0.3) is 0 Å². The molecule has 1 unspecified atom stereocenters. The second-order valence-corrected chi connectivity index (χ2v) is 4.72. The minimum Gasteiger partial charge on any atom is -0.287 e. The Morgan fingerprint density at radius 2 is 1.93 bits per heavy atom. The third-order valence-electron chi connectivity index (χ3n) is 2.32. The van der Waals surface area contributed by atoms with Gasteiger partial charge in [0.1, 0.15) is 0 Å². The Hall–Kier alpha value is -0.760. The van der Waals surface area contributed by atoms with Gasteiger partial charge >= 0.3 is 0 Å². The number of benzene rings is 1. The van der Waals surface area contributed by atoms with Crippen molar-refractivity contribution < 1.29 is 4.79 Å². The van der Waals surface area contributed by atoms with E-state index in [4.69, 9.17) is 0 Å². The largest absolute Gasteiger partial charge is 0.287 e. The lowest BCUT2D eigenvalue weighted by atomic mass is 9.99. The molecule has 14 heavy (non-hydrogen) atoms. The Balaban J connectivity index is 2.73. The number of hydrogen-bond donors (Lipinski definition) is 0. The van der Waals surface area contributed by atoms with E-state index in [2.05, 4.69) is 26.0 Å². The quantitative estimate of drug-likeness (QED) is 0.702. The smallest absolute Gasteiger partial charge is 0.190 e. The van der Waals surface area contributed by atoms with Crippen LogP contribution in [0.1, 0.15) is 38.7 Å². The fraction of sp³-hybridized carbons (Fsp3) is 0.417. The van der Waals surface area contributed by atoms with E-state index in [0.29, 0.717) is 5.92 Å². The van der Waals surface area contributed by atoms with Crippen LogP contribution in [0.25, 0.3) is 0 Å². The molecule has 0 radical (unpaired) electrons. The predicted octanol–water partition coefficient (Wildman–Crippen LogP) is 3.84. The van der Waals surface area contributed by atoms with Crippen LogP contribution >= 0.6 is 11.8 Å². The maximum Gasteiger partial charge on any atom is 0.190 e. The molecule has 0 N–H and O–H groups in total. The highest BCUT2D eigenvalue weighted by atomic mass is 32.2. The Bertz CT molecular complexity index is 303. The summed E-state index contributed by atoms with van der Waals surface area (Å²) >= 11 is 1.29. The zero-order chi connectivity index (χ0) is 10.6. The van der Waals surface area contributed by atoms with Crippen LogP contribution in [0.15, 0.2) is 29.2 Å². The first-order chi connectivity index (χ1) is 6.63. The van der Waals surface area contributed by atoms with E-state index < -0.39 is 0 Å². The van der Waals surface area contributed by atoms with E-state index in [0.717, 1.165) is 11.3 Å². The first kappa shape index (κ1) is 11.3. The van der Waals surface area contributed by atoms with Crippen LogP contribution in [0.2, 0.25) is 0 Å². The van der Waals surface area contributed by atoms with E-state index in [9.17, 15) is 4.79 Å². The molecule has 0 aromatic heterocycles. The van der Waals surface area contributed by atoms with Gasteiger partial charge in [0, 0.05) is 11.8 Å². The number of hydrogen-bond acceptors (Lipinski definition) is 2. The average molecular weight is 208 g/mol. The monoisotopic (exact) mass is 208 g/mol. The van der Waals surface area contributed by atoms with E-state index in [1.165, 1.54) is 17.3 Å². The van der Waals surface area contributed by atoms with Crippen LogP contribution in [-0.4, -0.2) is 5.12 Å². The fourth-order valence-electron chi connectivity index (χ4n) is 1.27. The van der Waals surface area contributed by atoms with Crippen molar-refractivity contribution in [1.82, 2.24) is 0 Å². The topological polar surface area (TPSA) is 17.1 Å². The Morgan fingerprint density at radius 1 is 1.36 bits per heavy atom. The highest BCUT2D eigenvalue weighted by Crippen LogP contribution is 2.23. The Labute approximate surface area is 89.9 Å². The van der Waals surface area contributed by atoms with Gasteiger partial charge in [-0.05, 0) is 30.0 Å². The van der Waals surface area contributed by atoms with Gasteiger partial charge in [-0.3, -0.25) is 4.79 Å². The third kappa shape index (κ3) is 3.18. The van der Waals surface area contributed by atoms with E-state index in [-0.39, 0.29) is 5.12 Å². The summed E-state index contributed by atoms with van der Waals surface area (Å²) in [6, 6.07) is 8.26. The summed E-state index contributed by atoms with van der Waals surface area (Å²) in [4.78, 5) is 11.9. The molecule has 76 valence electrons. The fourth-order valence-corrected chi connectivity index (χ4v) is 1.87. The van der Waals surface area contributed by atoms with Crippen molar-refractivity contribution in [3.05, 3.63) is 29.8 Å². The standard InChI is InChI=1S/C12H16OS/c1-4-9(2)11-5-7-12(8-6-11)14-10(3)13/h5-9H,4H2,1-3H3. The van der Waals surface area contributed by atoms with Gasteiger partial charge in [0.05, 0.1) is 0 Å². The van der Waals surface area contributed by atoms with Crippen LogP contribution in [0.3, 0.4) is 0 Å². The van der Waals surface area contributed by atoms with Crippen LogP contribution in [-0.2, 0) is 4.79 Å². The molecule has 0 saturated heterocycles. The lowest BCUT2D eigenvalue weighted by Crippen LogP contribution is -1.90. The van der Waals surface area contributed by atoms with Crippen LogP contribution < -0.4 is 0 Å². The van der Waals surface area contributed by atoms with E-state index >= 15 is 0 Å². The number of carbonyl (C=O) groups excluding carboxylic acids is 1. The van der Waals surface area contributed by atoms with E-state index in [1.54, 1.807) is 6.92 Å². The molecule has 1 rings (SSSR count). The van der Waals surface area contributed by atoms with Crippen LogP contribution in [0.5, 0.6) is 0 Å². The maximum atomic E-state index is 10.9. The van der Waals surface area contributed by atoms with Gasteiger partial charge in [-0.25, -0.2) is 0 Å². The van der Waals surface area contributed by atoms with Crippen molar-refractivity contribution in [2.24, 2.45) is 0 Å². The first-order valence-electron chi connectivity index (χ1n) is 4.92. The third-order valence-corrected chi connectivity index (χ3v) is 3.12. The molecule has 0 aliphatic carbocycles. The number of rotatable bonds is 3. The summed E-state index contributed by atoms with van der Waals surface area (Å²) in [5, 5.41) is 0.140. The summed E-state index contributed by atoms with van der Waals surface area (Å²) in [5.74, 6) is 0.603. The predicted molar refractivity (Wildman–Crippen MR) is 61.7 cm³/mol. The van der Waals surface area contributed by atoms with Gasteiger partial charge in [0.2, 0.25) is 0 Å². The van der Waals surface area contributed by atoms with Crippen LogP contribution in [0, 0.1) is 0 Å². The molecule has 2 heteroatoms. The summed E-state index contributed by atoms with van der Waals surface area (Å²) < 4.78 is 0. The lowest BCUT2D eigenvalue weighted by molar-refractivity contribution is -0.109. The Kier molecular flexibility index (Phi) is 4.21. The van der Waals surface area contributed by atoms with Crippen molar-refractivity contribution >= 4 is 16.9 Å². The molecule has 1 nitrogen and oxygen atoms in total. The molecule has 0 spiro atoms. The maximum absolute atomic E-state index is 10.9. The zero-order valence-corrected chi connectivity index (χ0v) is 9.73. The molecule has 0 heterocycles. The molecule has 1 aromatic rings. The molecule has 1 atom stereocenters. The Morgan fingerprint density at radius 3 is 2.36 bits per heavy atom. The van der Waals surface area contributed by atoms with E-state index in [1.807, 2.05) is 12.1 Å². The van der Waals surface area contributed by atoms with Crippen molar-refractivity contribution in [3.8, 4) is 0 Å². The highest BCUT2D eigenvalue weighted by molar-refractivity contribution is 8.13. The van der Waals surface area contributed by atoms with Crippen molar-refractivity contribution in [2.75, 3.05) is 0 Å². The van der Waals surface area contributed by atoms with Crippen LogP contribution in [0.4, 0.5) is 0 Å². The number of thioether (sulfide) groups is 1. The SMILES string of the molecule is CCC(C)c1ccc(SC(C)=O)cc1. The van der Waals surface area contributed by atoms with Crippen molar-refractivity contribution in [3.63, 3.8) is 0 Å². The number of carbonyl (C=O) groups is 1. The normalized spacial score (nSPS) is 12.5. The summed E-state index contributed by atoms with van der Waals surface area (Å²) in [6.07, 6.45) is 1.15. The van der Waals surface area contributed by atoms with Gasteiger partial charge in [0.15, 0.2) is 5.12 Å². The second-order valence-electron chi connectivity index (χ2n) is 3.47. The summed E-state index contributed by atoms with van der Waals surface area (Å²) in [7, 11) is 0. The zero-order valence-electron chi connectivity index (χ0n) is 8.91. The minimum absolute atomic E-state index is 0.140. The lowest BCUT2D eigenvalue weighted by Gasteiger charge is -2.08. The molecule has 0 aliphatic heterocycles. The molecular weight excluding hydrogens is 192 g/mol. The summed E-state index contributed by atoms with van der Waals surface area (Å²) in [6.45, 7) is 5.99. The first-order valence-corrected chi connectivity index (χ1v) is 5.73. The molecule has 0 saturated carbocycles. The van der Waals surface area contributed by atoms with Gasteiger partial charge < -0.3 is 0 Å². The molecular formula is C12H16OS. The van der Waals surface area contributed by atoms with Crippen molar-refractivity contribution in [1.29, 1.82) is 0 Å². The van der Waals surface area contributed by atoms with Gasteiger partial charge in [-0.1, -0.05) is 37.7 Å². The highest BCUT2D eigenvalue weighted by Gasteiger charge is 2.03. The molecule has 1 aromatic carbocycles. The van der Waals surface area contributed by atoms with Crippen molar-refractivity contribution in [2.45, 2.75) is 38.0 Å². The second kappa shape index (κ2) is 5.20. The molecule has 0 amide bonds. The average Bonchev–Trinajstić information content (AvgIpc) is 2.17.